The Morgan fingerprint density at radius 1 is 0.829 bits per heavy atom. The first-order valence-corrected chi connectivity index (χ1v) is 13.6. The molecule has 1 atom stereocenters. The molecule has 0 aliphatic heterocycles. The molecule has 0 bridgehead atoms. The molecule has 1 unspecified atom stereocenters. The minimum atomic E-state index is -0.108. The molecule has 2 aromatic carbocycles. The van der Waals surface area contributed by atoms with Crippen LogP contribution in [0.5, 0.6) is 5.75 Å². The molecule has 0 heterocycles. The smallest absolute Gasteiger partial charge is 0.308 e. The zero-order chi connectivity index (χ0) is 25.4. The third-order valence-corrected chi connectivity index (χ3v) is 6.57. The molecular weight excluding hydrogens is 434 g/mol. The van der Waals surface area contributed by atoms with Gasteiger partial charge >= 0.3 is 5.97 Å². The second-order valence-corrected chi connectivity index (χ2v) is 10.5. The number of hydrogen-bond donors (Lipinski definition) is 0. The van der Waals surface area contributed by atoms with E-state index in [0.717, 1.165) is 36.2 Å². The van der Waals surface area contributed by atoms with E-state index in [0.29, 0.717) is 19.6 Å². The molecule has 4 heteroatoms. The molecule has 35 heavy (non-hydrogen) atoms. The Labute approximate surface area is 214 Å². The number of unbranched alkanes of at least 4 members (excludes halogenated alkanes) is 5. The second kappa shape index (κ2) is 16.4. The molecule has 0 saturated carbocycles. The lowest BCUT2D eigenvalue weighted by Gasteiger charge is -2.30. The van der Waals surface area contributed by atoms with Gasteiger partial charge in [-0.2, -0.15) is 0 Å². The summed E-state index contributed by atoms with van der Waals surface area (Å²) < 4.78 is 12.2. The van der Waals surface area contributed by atoms with Crippen molar-refractivity contribution < 1.29 is 18.8 Å². The average Bonchev–Trinajstić information content (AvgIpc) is 2.85. The topological polar surface area (TPSA) is 35.5 Å². The lowest BCUT2D eigenvalue weighted by Crippen LogP contribution is -2.40. The summed E-state index contributed by atoms with van der Waals surface area (Å²) in [5.41, 5.74) is 2.70. The minimum absolute atomic E-state index is 0.0942. The summed E-state index contributed by atoms with van der Waals surface area (Å²) in [5, 5.41) is 0. The van der Waals surface area contributed by atoms with E-state index in [1.54, 1.807) is 0 Å². The van der Waals surface area contributed by atoms with Gasteiger partial charge in [-0.25, -0.2) is 0 Å². The highest BCUT2D eigenvalue weighted by Gasteiger charge is 2.21. The Morgan fingerprint density at radius 3 is 2.23 bits per heavy atom. The van der Waals surface area contributed by atoms with Crippen LogP contribution in [-0.4, -0.2) is 44.3 Å². The molecule has 0 aliphatic rings. The lowest BCUT2D eigenvalue weighted by atomic mass is 10.0. The molecule has 2 rings (SSSR count). The average molecular weight is 483 g/mol. The van der Waals surface area contributed by atoms with E-state index in [-0.39, 0.29) is 11.9 Å². The zero-order valence-corrected chi connectivity index (χ0v) is 22.6. The number of ether oxygens (including phenoxy) is 2. The van der Waals surface area contributed by atoms with Gasteiger partial charge in [-0.1, -0.05) is 88.4 Å². The zero-order valence-electron chi connectivity index (χ0n) is 22.6. The van der Waals surface area contributed by atoms with Gasteiger partial charge < -0.3 is 14.0 Å². The maximum atomic E-state index is 12.4. The van der Waals surface area contributed by atoms with E-state index in [2.05, 4.69) is 69.6 Å². The number of nitrogens with zero attached hydrogens (tertiary/aromatic N) is 1. The molecular formula is C31H48NO3+. The monoisotopic (exact) mass is 482 g/mol. The van der Waals surface area contributed by atoms with E-state index >= 15 is 0 Å². The highest BCUT2D eigenvalue weighted by atomic mass is 16.5. The van der Waals surface area contributed by atoms with Gasteiger partial charge in [0, 0.05) is 18.4 Å². The Kier molecular flexibility index (Phi) is 13.5. The SMILES string of the molecule is CCCCCCCCc1ccc(OCCCOC(=O)C(C)CC[N+](C)(C)Cc2ccccc2)cc1. The fourth-order valence-corrected chi connectivity index (χ4v) is 4.24. The molecule has 0 radical (unpaired) electrons. The van der Waals surface area contributed by atoms with Gasteiger partial charge in [-0.3, -0.25) is 4.79 Å². The highest BCUT2D eigenvalue weighted by molar-refractivity contribution is 5.71. The van der Waals surface area contributed by atoms with E-state index in [9.17, 15) is 4.79 Å². The van der Waals surface area contributed by atoms with Crippen molar-refractivity contribution in [3.8, 4) is 5.75 Å². The molecule has 0 aliphatic carbocycles. The van der Waals surface area contributed by atoms with Crippen LogP contribution in [0.3, 0.4) is 0 Å². The number of benzene rings is 2. The van der Waals surface area contributed by atoms with Crippen molar-refractivity contribution in [2.45, 2.75) is 78.2 Å². The molecule has 0 amide bonds. The van der Waals surface area contributed by atoms with Gasteiger partial charge in [0.25, 0.3) is 0 Å². The van der Waals surface area contributed by atoms with Gasteiger partial charge in [0.2, 0.25) is 0 Å². The van der Waals surface area contributed by atoms with E-state index in [1.807, 2.05) is 13.0 Å². The van der Waals surface area contributed by atoms with Crippen LogP contribution in [-0.2, 0) is 22.5 Å². The van der Waals surface area contributed by atoms with E-state index < -0.39 is 0 Å². The Hall–Kier alpha value is -2.33. The maximum Gasteiger partial charge on any atom is 0.308 e. The van der Waals surface area contributed by atoms with Gasteiger partial charge in [-0.15, -0.1) is 0 Å². The summed E-state index contributed by atoms with van der Waals surface area (Å²) in [7, 11) is 4.42. The number of rotatable bonds is 18. The van der Waals surface area contributed by atoms with Gasteiger partial charge in [0.1, 0.15) is 12.3 Å². The predicted molar refractivity (Wildman–Crippen MR) is 145 cm³/mol. The van der Waals surface area contributed by atoms with E-state index in [1.165, 1.54) is 49.7 Å². The van der Waals surface area contributed by atoms with Gasteiger partial charge in [0.15, 0.2) is 0 Å². The Bertz CT molecular complexity index is 817. The quantitative estimate of drug-likeness (QED) is 0.128. The molecule has 2 aromatic rings. The summed E-state index contributed by atoms with van der Waals surface area (Å²) >= 11 is 0. The fraction of sp³-hybridized carbons (Fsp3) is 0.581. The van der Waals surface area contributed by atoms with Crippen LogP contribution in [0.25, 0.3) is 0 Å². The van der Waals surface area contributed by atoms with Crippen molar-refractivity contribution in [1.29, 1.82) is 0 Å². The normalized spacial score (nSPS) is 12.3. The number of carbonyl (C=O) groups is 1. The third kappa shape index (κ3) is 12.8. The molecule has 0 spiro atoms. The summed E-state index contributed by atoms with van der Waals surface area (Å²) in [6, 6.07) is 18.9. The molecule has 0 fully saturated rings. The summed E-state index contributed by atoms with van der Waals surface area (Å²) in [5.74, 6) is 0.682. The Balaban J connectivity index is 1.55. The summed E-state index contributed by atoms with van der Waals surface area (Å²) in [6.45, 7) is 7.07. The van der Waals surface area contributed by atoms with Crippen LogP contribution in [0.2, 0.25) is 0 Å². The fourth-order valence-electron chi connectivity index (χ4n) is 4.24. The van der Waals surface area contributed by atoms with Crippen LogP contribution < -0.4 is 4.74 Å². The van der Waals surface area contributed by atoms with Gasteiger partial charge in [0.05, 0.1) is 39.8 Å². The molecule has 0 aromatic heterocycles. The number of quaternary nitrogens is 1. The van der Waals surface area contributed by atoms with E-state index in [4.69, 9.17) is 9.47 Å². The van der Waals surface area contributed by atoms with Crippen molar-refractivity contribution in [1.82, 2.24) is 0 Å². The lowest BCUT2D eigenvalue weighted by molar-refractivity contribution is -0.904. The van der Waals surface area contributed by atoms with Crippen LogP contribution in [0.15, 0.2) is 54.6 Å². The van der Waals surface area contributed by atoms with Gasteiger partial charge in [-0.05, 0) is 30.5 Å². The molecule has 194 valence electrons. The molecule has 0 N–H and O–H groups in total. The van der Waals surface area contributed by atoms with Crippen molar-refractivity contribution in [2.75, 3.05) is 33.9 Å². The largest absolute Gasteiger partial charge is 0.493 e. The van der Waals surface area contributed by atoms with Crippen molar-refractivity contribution >= 4 is 5.97 Å². The Morgan fingerprint density at radius 2 is 1.51 bits per heavy atom. The number of carbonyl (C=O) groups excluding carboxylic acids is 1. The third-order valence-electron chi connectivity index (χ3n) is 6.57. The maximum absolute atomic E-state index is 12.4. The second-order valence-electron chi connectivity index (χ2n) is 10.5. The summed E-state index contributed by atoms with van der Waals surface area (Å²) in [6.07, 6.45) is 10.6. The highest BCUT2D eigenvalue weighted by Crippen LogP contribution is 2.16. The molecule has 4 nitrogen and oxygen atoms in total. The molecule has 0 saturated heterocycles. The number of hydrogen-bond acceptors (Lipinski definition) is 3. The first kappa shape index (κ1) is 28.9. The van der Waals surface area contributed by atoms with Crippen molar-refractivity contribution in [2.24, 2.45) is 5.92 Å². The number of esters is 1. The standard InChI is InChI=1S/C31H48NO3/c1-5-6-7-8-9-11-15-28-18-20-30(21-19-28)34-24-14-25-35-31(33)27(2)22-23-32(3,4)26-29-16-12-10-13-17-29/h10,12-13,16-21,27H,5-9,11,14-15,22-26H2,1-4H3/q+1. The predicted octanol–water partition coefficient (Wildman–Crippen LogP) is 7.20. The van der Waals surface area contributed by atoms with Crippen molar-refractivity contribution in [3.63, 3.8) is 0 Å². The minimum Gasteiger partial charge on any atom is -0.493 e. The summed E-state index contributed by atoms with van der Waals surface area (Å²) in [4.78, 5) is 12.4. The van der Waals surface area contributed by atoms with Crippen LogP contribution in [0.4, 0.5) is 0 Å². The van der Waals surface area contributed by atoms with Crippen LogP contribution >= 0.6 is 0 Å². The first-order chi connectivity index (χ1) is 16.9. The number of aryl methyl sites for hydroxylation is 1. The van der Waals surface area contributed by atoms with Crippen molar-refractivity contribution in [3.05, 3.63) is 65.7 Å². The van der Waals surface area contributed by atoms with Crippen LogP contribution in [0.1, 0.15) is 76.3 Å². The first-order valence-electron chi connectivity index (χ1n) is 13.6. The van der Waals surface area contributed by atoms with Crippen LogP contribution in [0, 0.1) is 5.92 Å².